The van der Waals surface area contributed by atoms with Gasteiger partial charge in [-0.1, -0.05) is 54.6 Å². The van der Waals surface area contributed by atoms with E-state index in [1.165, 1.54) is 0 Å². The number of hydrogen-bond donors (Lipinski definition) is 2. The van der Waals surface area contributed by atoms with Crippen LogP contribution in [0.3, 0.4) is 0 Å². The van der Waals surface area contributed by atoms with Gasteiger partial charge in [-0.05, 0) is 49.2 Å². The molecule has 0 aromatic heterocycles. The third kappa shape index (κ3) is 5.35. The molecule has 1 amide bonds. The Bertz CT molecular complexity index is 1020. The molecule has 0 aliphatic heterocycles. The van der Waals surface area contributed by atoms with E-state index in [0.717, 1.165) is 16.3 Å². The normalized spacial score (nSPS) is 12.4. The molecule has 0 fully saturated rings. The van der Waals surface area contributed by atoms with Crippen molar-refractivity contribution in [3.05, 3.63) is 77.9 Å². The number of nitrogen functional groups attached to an aromatic ring is 1. The summed E-state index contributed by atoms with van der Waals surface area (Å²) >= 11 is 0. The minimum Gasteiger partial charge on any atom is -0.460 e. The van der Waals surface area contributed by atoms with Gasteiger partial charge in [0.1, 0.15) is 5.60 Å². The topological polar surface area (TPSA) is 81.4 Å². The van der Waals surface area contributed by atoms with Crippen LogP contribution in [0, 0.1) is 0 Å². The van der Waals surface area contributed by atoms with Crippen LogP contribution in [-0.4, -0.2) is 17.5 Å². The number of carbonyl (C=O) groups excluding carboxylic acids is 2. The average Bonchev–Trinajstić information content (AvgIpc) is 2.66. The molecule has 0 spiro atoms. The van der Waals surface area contributed by atoms with Crippen molar-refractivity contribution in [1.82, 2.24) is 5.32 Å². The third-order valence-corrected chi connectivity index (χ3v) is 4.46. The molecule has 3 N–H and O–H groups in total. The second-order valence-electron chi connectivity index (χ2n) is 8.01. The highest BCUT2D eigenvalue weighted by atomic mass is 16.6. The number of hydrogen-bond acceptors (Lipinski definition) is 4. The Morgan fingerprint density at radius 2 is 1.55 bits per heavy atom. The number of benzene rings is 3. The largest absolute Gasteiger partial charge is 0.460 e. The van der Waals surface area contributed by atoms with Gasteiger partial charge in [0.2, 0.25) is 0 Å². The minimum atomic E-state index is -0.592. The highest BCUT2D eigenvalue weighted by Crippen LogP contribution is 2.24. The summed E-state index contributed by atoms with van der Waals surface area (Å²) in [5.74, 6) is -0.705. The van der Waals surface area contributed by atoms with Gasteiger partial charge in [-0.15, -0.1) is 0 Å². The Balaban J connectivity index is 1.86. The zero-order valence-corrected chi connectivity index (χ0v) is 16.9. The quantitative estimate of drug-likeness (QED) is 0.492. The van der Waals surface area contributed by atoms with Crippen molar-refractivity contribution in [1.29, 1.82) is 0 Å². The van der Waals surface area contributed by atoms with E-state index in [0.29, 0.717) is 11.3 Å². The van der Waals surface area contributed by atoms with Gasteiger partial charge < -0.3 is 15.8 Å². The number of rotatable bonds is 5. The van der Waals surface area contributed by atoms with Gasteiger partial charge in [0.05, 0.1) is 18.0 Å². The van der Waals surface area contributed by atoms with Crippen molar-refractivity contribution in [2.24, 2.45) is 0 Å². The molecule has 0 saturated heterocycles. The molecule has 0 bridgehead atoms. The fraction of sp³-hybridized carbons (Fsp3) is 0.250. The van der Waals surface area contributed by atoms with Gasteiger partial charge in [0.25, 0.3) is 5.91 Å². The molecular formula is C24H26N2O3. The second-order valence-corrected chi connectivity index (χ2v) is 8.01. The van der Waals surface area contributed by atoms with E-state index in [4.69, 9.17) is 10.5 Å². The standard InChI is InChI=1S/C24H26N2O3/c1-24(2,3)29-22(27)15-21(16-9-5-4-6-10-16)26-23(28)19-13-17-11-7-8-12-18(17)14-20(19)25/h4-14,21H,15,25H2,1-3H3,(H,26,28)/t21-/m1/s1. The monoisotopic (exact) mass is 390 g/mol. The first-order chi connectivity index (χ1) is 13.7. The molecule has 5 heteroatoms. The van der Waals surface area contributed by atoms with E-state index >= 15 is 0 Å². The van der Waals surface area contributed by atoms with Crippen LogP contribution in [0.2, 0.25) is 0 Å². The van der Waals surface area contributed by atoms with Crippen LogP contribution >= 0.6 is 0 Å². The fourth-order valence-corrected chi connectivity index (χ4v) is 3.18. The summed E-state index contributed by atoms with van der Waals surface area (Å²) in [6.45, 7) is 5.45. The van der Waals surface area contributed by atoms with Crippen molar-refractivity contribution in [3.63, 3.8) is 0 Å². The first-order valence-corrected chi connectivity index (χ1v) is 9.59. The lowest BCUT2D eigenvalue weighted by Gasteiger charge is -2.23. The third-order valence-electron chi connectivity index (χ3n) is 4.46. The van der Waals surface area contributed by atoms with Crippen molar-refractivity contribution in [2.45, 2.75) is 38.8 Å². The van der Waals surface area contributed by atoms with E-state index < -0.39 is 11.6 Å². The summed E-state index contributed by atoms with van der Waals surface area (Å²) in [5.41, 5.74) is 7.14. The first kappa shape index (κ1) is 20.4. The zero-order valence-electron chi connectivity index (χ0n) is 16.9. The molecule has 5 nitrogen and oxygen atoms in total. The van der Waals surface area contributed by atoms with Crippen LogP contribution in [-0.2, 0) is 9.53 Å². The number of fused-ring (bicyclic) bond motifs is 1. The first-order valence-electron chi connectivity index (χ1n) is 9.59. The molecule has 0 aliphatic rings. The Morgan fingerprint density at radius 3 is 2.17 bits per heavy atom. The van der Waals surface area contributed by atoms with Gasteiger partial charge in [0, 0.05) is 5.69 Å². The van der Waals surface area contributed by atoms with Crippen LogP contribution < -0.4 is 11.1 Å². The molecule has 150 valence electrons. The van der Waals surface area contributed by atoms with Crippen LogP contribution in [0.15, 0.2) is 66.7 Å². The van der Waals surface area contributed by atoms with Crippen molar-refractivity contribution < 1.29 is 14.3 Å². The van der Waals surface area contributed by atoms with Crippen molar-refractivity contribution in [3.8, 4) is 0 Å². The van der Waals surface area contributed by atoms with Gasteiger partial charge in [0.15, 0.2) is 0 Å². The highest BCUT2D eigenvalue weighted by Gasteiger charge is 2.24. The van der Waals surface area contributed by atoms with E-state index in [-0.39, 0.29) is 18.3 Å². The number of nitrogens with one attached hydrogen (secondary N) is 1. The van der Waals surface area contributed by atoms with E-state index in [1.807, 2.05) is 75.4 Å². The smallest absolute Gasteiger partial charge is 0.308 e. The van der Waals surface area contributed by atoms with Crippen LogP contribution in [0.25, 0.3) is 10.8 Å². The Morgan fingerprint density at radius 1 is 0.966 bits per heavy atom. The molecule has 29 heavy (non-hydrogen) atoms. The van der Waals surface area contributed by atoms with Crippen LogP contribution in [0.5, 0.6) is 0 Å². The molecule has 1 atom stereocenters. The highest BCUT2D eigenvalue weighted by molar-refractivity contribution is 6.04. The Kier molecular flexibility index (Phi) is 5.87. The van der Waals surface area contributed by atoms with Crippen LogP contribution in [0.4, 0.5) is 5.69 Å². The van der Waals surface area contributed by atoms with Crippen LogP contribution in [0.1, 0.15) is 49.2 Å². The van der Waals surface area contributed by atoms with E-state index in [1.54, 1.807) is 12.1 Å². The molecule has 3 aromatic carbocycles. The Hall–Kier alpha value is -3.34. The summed E-state index contributed by atoms with van der Waals surface area (Å²) < 4.78 is 5.44. The van der Waals surface area contributed by atoms with E-state index in [9.17, 15) is 9.59 Å². The molecule has 0 saturated carbocycles. The lowest BCUT2D eigenvalue weighted by Crippen LogP contribution is -2.33. The van der Waals surface area contributed by atoms with Gasteiger partial charge in [-0.3, -0.25) is 9.59 Å². The predicted octanol–water partition coefficient (Wildman–Crippen LogP) is 4.62. The summed E-state index contributed by atoms with van der Waals surface area (Å²) in [7, 11) is 0. The van der Waals surface area contributed by atoms with Crippen molar-refractivity contribution in [2.75, 3.05) is 5.73 Å². The number of esters is 1. The molecule has 0 aliphatic carbocycles. The summed E-state index contributed by atoms with van der Waals surface area (Å²) in [6, 6.07) is 20.1. The molecule has 0 heterocycles. The summed E-state index contributed by atoms with van der Waals surface area (Å²) in [5, 5.41) is 4.85. The Labute approximate surface area is 170 Å². The fourth-order valence-electron chi connectivity index (χ4n) is 3.18. The molecule has 3 rings (SSSR count). The summed E-state index contributed by atoms with van der Waals surface area (Å²) in [6.07, 6.45) is 0.0283. The predicted molar refractivity (Wildman–Crippen MR) is 115 cm³/mol. The summed E-state index contributed by atoms with van der Waals surface area (Å²) in [4.78, 5) is 25.4. The van der Waals surface area contributed by atoms with Gasteiger partial charge >= 0.3 is 5.97 Å². The molecule has 0 radical (unpaired) electrons. The maximum atomic E-state index is 13.0. The number of anilines is 1. The zero-order chi connectivity index (χ0) is 21.0. The molecule has 0 unspecified atom stereocenters. The maximum absolute atomic E-state index is 13.0. The molecule has 3 aromatic rings. The number of ether oxygens (including phenoxy) is 1. The van der Waals surface area contributed by atoms with Gasteiger partial charge in [-0.2, -0.15) is 0 Å². The second kappa shape index (κ2) is 8.35. The average molecular weight is 390 g/mol. The SMILES string of the molecule is CC(C)(C)OC(=O)C[C@@H](NC(=O)c1cc2ccccc2cc1N)c1ccccc1. The maximum Gasteiger partial charge on any atom is 0.308 e. The lowest BCUT2D eigenvalue weighted by atomic mass is 10.0. The number of amides is 1. The lowest BCUT2D eigenvalue weighted by molar-refractivity contribution is -0.155. The minimum absolute atomic E-state index is 0.0283. The van der Waals surface area contributed by atoms with Crippen molar-refractivity contribution >= 4 is 28.3 Å². The number of carbonyl (C=O) groups is 2. The number of nitrogens with two attached hydrogens (primary N) is 1. The van der Waals surface area contributed by atoms with Gasteiger partial charge in [-0.25, -0.2) is 0 Å². The van der Waals surface area contributed by atoms with E-state index in [2.05, 4.69) is 5.32 Å². The molecular weight excluding hydrogens is 364 g/mol.